The Morgan fingerprint density at radius 3 is 3.00 bits per heavy atom. The smallest absolute Gasteiger partial charge is 0.133 e. The number of rotatable bonds is 5. The first-order valence-electron chi connectivity index (χ1n) is 6.03. The number of likely N-dealkylation sites (tertiary alicyclic amines) is 1. The van der Waals surface area contributed by atoms with Crippen LogP contribution in [0.4, 0.5) is 0 Å². The van der Waals surface area contributed by atoms with Gasteiger partial charge in [0.05, 0.1) is 11.1 Å². The van der Waals surface area contributed by atoms with Crippen molar-refractivity contribution in [3.8, 4) is 5.75 Å². The third-order valence-corrected chi connectivity index (χ3v) is 3.84. The number of hydrogen-bond donors (Lipinski definition) is 1. The molecule has 1 aromatic carbocycles. The van der Waals surface area contributed by atoms with Crippen LogP contribution in [0.25, 0.3) is 0 Å². The molecule has 0 saturated carbocycles. The van der Waals surface area contributed by atoms with Crippen molar-refractivity contribution in [1.29, 1.82) is 0 Å². The highest BCUT2D eigenvalue weighted by molar-refractivity contribution is 9.10. The van der Waals surface area contributed by atoms with E-state index in [4.69, 9.17) is 4.74 Å². The van der Waals surface area contributed by atoms with Crippen LogP contribution in [0.5, 0.6) is 5.75 Å². The van der Waals surface area contributed by atoms with E-state index in [9.17, 15) is 5.11 Å². The van der Waals surface area contributed by atoms with Crippen molar-refractivity contribution in [3.63, 3.8) is 0 Å². The molecule has 1 aliphatic heterocycles. The molecule has 4 heteroatoms. The first-order valence-corrected chi connectivity index (χ1v) is 6.83. The van der Waals surface area contributed by atoms with E-state index in [-0.39, 0.29) is 6.61 Å². The highest BCUT2D eigenvalue weighted by Gasteiger charge is 2.23. The topological polar surface area (TPSA) is 32.7 Å². The van der Waals surface area contributed by atoms with E-state index in [0.29, 0.717) is 12.6 Å². The molecule has 94 valence electrons. The second-order valence-corrected chi connectivity index (χ2v) is 5.15. The fraction of sp³-hybridized carbons (Fsp3) is 0.538. The van der Waals surface area contributed by atoms with Crippen LogP contribution in [-0.2, 0) is 0 Å². The zero-order valence-electron chi connectivity index (χ0n) is 9.81. The van der Waals surface area contributed by atoms with Crippen molar-refractivity contribution >= 4 is 15.9 Å². The van der Waals surface area contributed by atoms with Gasteiger partial charge in [-0.3, -0.25) is 4.90 Å². The molecule has 0 spiro atoms. The minimum absolute atomic E-state index is 0.259. The normalized spacial score (nSPS) is 20.7. The van der Waals surface area contributed by atoms with Gasteiger partial charge in [0.25, 0.3) is 0 Å². The molecule has 0 aromatic heterocycles. The van der Waals surface area contributed by atoms with Gasteiger partial charge in [-0.05, 0) is 47.4 Å². The zero-order chi connectivity index (χ0) is 12.1. The highest BCUT2D eigenvalue weighted by Crippen LogP contribution is 2.24. The quantitative estimate of drug-likeness (QED) is 0.905. The number of para-hydroxylation sites is 1. The van der Waals surface area contributed by atoms with E-state index in [0.717, 1.165) is 29.7 Å². The lowest BCUT2D eigenvalue weighted by Gasteiger charge is -2.22. The van der Waals surface area contributed by atoms with Crippen LogP contribution in [0.15, 0.2) is 28.7 Å². The van der Waals surface area contributed by atoms with Gasteiger partial charge < -0.3 is 9.84 Å². The van der Waals surface area contributed by atoms with Gasteiger partial charge in [-0.1, -0.05) is 12.1 Å². The third kappa shape index (κ3) is 3.44. The Bertz CT molecular complexity index is 359. The van der Waals surface area contributed by atoms with Crippen LogP contribution in [0.2, 0.25) is 0 Å². The summed E-state index contributed by atoms with van der Waals surface area (Å²) in [5, 5.41) is 9.21. The summed E-state index contributed by atoms with van der Waals surface area (Å²) in [7, 11) is 0. The Balaban J connectivity index is 1.78. The summed E-state index contributed by atoms with van der Waals surface area (Å²) in [6, 6.07) is 8.20. The maximum absolute atomic E-state index is 9.21. The predicted octanol–water partition coefficient (Wildman–Crippen LogP) is 2.28. The molecule has 1 aromatic rings. The van der Waals surface area contributed by atoms with Gasteiger partial charge in [0, 0.05) is 12.6 Å². The zero-order valence-corrected chi connectivity index (χ0v) is 11.4. The molecule has 1 atom stereocenters. The Morgan fingerprint density at radius 1 is 1.41 bits per heavy atom. The number of halogens is 1. The molecular weight excluding hydrogens is 282 g/mol. The van der Waals surface area contributed by atoms with Crippen LogP contribution in [-0.4, -0.2) is 42.4 Å². The Morgan fingerprint density at radius 2 is 2.24 bits per heavy atom. The minimum atomic E-state index is 0.259. The Labute approximate surface area is 111 Å². The van der Waals surface area contributed by atoms with Gasteiger partial charge in [-0.25, -0.2) is 0 Å². The maximum atomic E-state index is 9.21. The summed E-state index contributed by atoms with van der Waals surface area (Å²) in [5.74, 6) is 0.882. The fourth-order valence-electron chi connectivity index (χ4n) is 2.23. The monoisotopic (exact) mass is 299 g/mol. The summed E-state index contributed by atoms with van der Waals surface area (Å²) in [4.78, 5) is 2.30. The summed E-state index contributed by atoms with van der Waals surface area (Å²) in [6.07, 6.45) is 2.28. The molecule has 1 saturated heterocycles. The van der Waals surface area contributed by atoms with Crippen LogP contribution in [0.3, 0.4) is 0 Å². The minimum Gasteiger partial charge on any atom is -0.491 e. The number of benzene rings is 1. The van der Waals surface area contributed by atoms with E-state index in [1.807, 2.05) is 24.3 Å². The van der Waals surface area contributed by atoms with Gasteiger partial charge in [0.1, 0.15) is 12.4 Å². The Kier molecular flexibility index (Phi) is 4.83. The van der Waals surface area contributed by atoms with Crippen molar-refractivity contribution in [3.05, 3.63) is 28.7 Å². The molecule has 1 aliphatic rings. The molecule has 0 bridgehead atoms. The molecule has 17 heavy (non-hydrogen) atoms. The number of aliphatic hydroxyl groups is 1. The number of ether oxygens (including phenoxy) is 1. The average Bonchev–Trinajstić information content (AvgIpc) is 2.79. The second kappa shape index (κ2) is 6.38. The molecule has 1 fully saturated rings. The van der Waals surface area contributed by atoms with E-state index in [2.05, 4.69) is 20.8 Å². The molecular formula is C13H18BrNO2. The lowest BCUT2D eigenvalue weighted by Crippen LogP contribution is -2.35. The van der Waals surface area contributed by atoms with Crippen molar-refractivity contribution in [2.24, 2.45) is 0 Å². The van der Waals surface area contributed by atoms with E-state index >= 15 is 0 Å². The predicted molar refractivity (Wildman–Crippen MR) is 71.3 cm³/mol. The van der Waals surface area contributed by atoms with Gasteiger partial charge in [-0.2, -0.15) is 0 Å². The average molecular weight is 300 g/mol. The van der Waals surface area contributed by atoms with Crippen LogP contribution < -0.4 is 4.74 Å². The van der Waals surface area contributed by atoms with Crippen LogP contribution in [0, 0.1) is 0 Å². The highest BCUT2D eigenvalue weighted by atomic mass is 79.9. The molecule has 0 radical (unpaired) electrons. The van der Waals surface area contributed by atoms with E-state index < -0.39 is 0 Å². The third-order valence-electron chi connectivity index (χ3n) is 3.18. The van der Waals surface area contributed by atoms with Crippen molar-refractivity contribution in [2.75, 3.05) is 26.3 Å². The van der Waals surface area contributed by atoms with Gasteiger partial charge in [0.2, 0.25) is 0 Å². The molecule has 0 amide bonds. The molecule has 0 aliphatic carbocycles. The largest absolute Gasteiger partial charge is 0.491 e. The summed E-state index contributed by atoms with van der Waals surface area (Å²) in [5.41, 5.74) is 0. The van der Waals surface area contributed by atoms with Crippen molar-refractivity contribution < 1.29 is 9.84 Å². The maximum Gasteiger partial charge on any atom is 0.133 e. The number of aliphatic hydroxyl groups excluding tert-OH is 1. The standard InChI is InChI=1S/C13H18BrNO2/c14-12-5-1-2-6-13(12)17-9-8-15-7-3-4-11(15)10-16/h1-2,5-6,11,16H,3-4,7-10H2. The SMILES string of the molecule is OCC1CCCN1CCOc1ccccc1Br. The molecule has 3 nitrogen and oxygen atoms in total. The molecule has 2 rings (SSSR count). The summed E-state index contributed by atoms with van der Waals surface area (Å²) >= 11 is 3.46. The van der Waals surface area contributed by atoms with Gasteiger partial charge >= 0.3 is 0 Å². The molecule has 1 N–H and O–H groups in total. The van der Waals surface area contributed by atoms with Gasteiger partial charge in [0.15, 0.2) is 0 Å². The first kappa shape index (κ1) is 12.9. The lowest BCUT2D eigenvalue weighted by atomic mass is 10.2. The summed E-state index contributed by atoms with van der Waals surface area (Å²) < 4.78 is 6.71. The van der Waals surface area contributed by atoms with E-state index in [1.165, 1.54) is 6.42 Å². The Hall–Kier alpha value is -0.580. The molecule has 1 heterocycles. The summed E-state index contributed by atoms with van der Waals surface area (Å²) in [6.45, 7) is 2.88. The second-order valence-electron chi connectivity index (χ2n) is 4.29. The lowest BCUT2D eigenvalue weighted by molar-refractivity contribution is 0.139. The number of hydrogen-bond acceptors (Lipinski definition) is 3. The number of nitrogens with zero attached hydrogens (tertiary/aromatic N) is 1. The van der Waals surface area contributed by atoms with Crippen molar-refractivity contribution in [2.45, 2.75) is 18.9 Å². The fourth-order valence-corrected chi connectivity index (χ4v) is 2.63. The molecule has 1 unspecified atom stereocenters. The van der Waals surface area contributed by atoms with Crippen LogP contribution >= 0.6 is 15.9 Å². The first-order chi connectivity index (χ1) is 8.31. The van der Waals surface area contributed by atoms with Gasteiger partial charge in [-0.15, -0.1) is 0 Å². The van der Waals surface area contributed by atoms with Crippen molar-refractivity contribution in [1.82, 2.24) is 4.90 Å². The van der Waals surface area contributed by atoms with E-state index in [1.54, 1.807) is 0 Å². The van der Waals surface area contributed by atoms with Crippen LogP contribution in [0.1, 0.15) is 12.8 Å².